The fourth-order valence-electron chi connectivity index (χ4n) is 3.03. The van der Waals surface area contributed by atoms with Crippen LogP contribution in [0.4, 0.5) is 0 Å². The van der Waals surface area contributed by atoms with Gasteiger partial charge in [0, 0.05) is 11.6 Å². The second-order valence-corrected chi connectivity index (χ2v) is 4.99. The van der Waals surface area contributed by atoms with Crippen LogP contribution >= 0.6 is 0 Å². The van der Waals surface area contributed by atoms with Crippen molar-refractivity contribution in [2.75, 3.05) is 20.1 Å². The highest BCUT2D eigenvalue weighted by molar-refractivity contribution is 5.12. The Kier molecular flexibility index (Phi) is 7.73. The topological polar surface area (TPSA) is 15.3 Å². The zero-order valence-electron chi connectivity index (χ0n) is 12.9. The first-order valence-corrected chi connectivity index (χ1v) is 7.09. The van der Waals surface area contributed by atoms with E-state index in [1.807, 2.05) is 0 Å². The molecule has 0 radical (unpaired) electrons. The van der Waals surface area contributed by atoms with Gasteiger partial charge in [0.15, 0.2) is 0 Å². The van der Waals surface area contributed by atoms with Crippen LogP contribution in [0.2, 0.25) is 0 Å². The monoisotopic (exact) mass is 240 g/mol. The summed E-state index contributed by atoms with van der Waals surface area (Å²) < 4.78 is 0. The zero-order valence-corrected chi connectivity index (χ0v) is 12.9. The second-order valence-electron chi connectivity index (χ2n) is 4.99. The molecule has 0 amide bonds. The van der Waals surface area contributed by atoms with Gasteiger partial charge >= 0.3 is 0 Å². The summed E-state index contributed by atoms with van der Waals surface area (Å²) in [6, 6.07) is 0.433. The van der Waals surface area contributed by atoms with E-state index in [0.717, 1.165) is 13.1 Å². The Morgan fingerprint density at radius 1 is 1.12 bits per heavy atom. The first kappa shape index (κ1) is 16.7. The molecule has 102 valence electrons. The van der Waals surface area contributed by atoms with E-state index < -0.39 is 0 Å². The van der Waals surface area contributed by atoms with Gasteiger partial charge in [0.05, 0.1) is 0 Å². The molecular weight excluding hydrogens is 208 g/mol. The van der Waals surface area contributed by atoms with E-state index in [4.69, 9.17) is 0 Å². The molecule has 0 heterocycles. The maximum absolute atomic E-state index is 3.51. The van der Waals surface area contributed by atoms with Crippen LogP contribution in [0.3, 0.4) is 0 Å². The van der Waals surface area contributed by atoms with Gasteiger partial charge in [-0.2, -0.15) is 0 Å². The number of hydrogen-bond acceptors (Lipinski definition) is 2. The fraction of sp³-hybridized carbons (Fsp3) is 0.867. The largest absolute Gasteiger partial charge is 0.312 e. The van der Waals surface area contributed by atoms with Crippen LogP contribution in [-0.4, -0.2) is 36.6 Å². The first-order chi connectivity index (χ1) is 8.02. The van der Waals surface area contributed by atoms with Gasteiger partial charge in [-0.05, 0) is 46.8 Å². The van der Waals surface area contributed by atoms with Crippen LogP contribution < -0.4 is 5.32 Å². The van der Waals surface area contributed by atoms with E-state index in [2.05, 4.69) is 64.9 Å². The Hall–Kier alpha value is -0.340. The Labute approximate surface area is 108 Å². The van der Waals surface area contributed by atoms with Crippen LogP contribution in [-0.2, 0) is 0 Å². The van der Waals surface area contributed by atoms with E-state index >= 15 is 0 Å². The number of allylic oxidation sites excluding steroid dienone is 1. The molecule has 0 aliphatic carbocycles. The van der Waals surface area contributed by atoms with Crippen molar-refractivity contribution in [1.29, 1.82) is 0 Å². The van der Waals surface area contributed by atoms with Gasteiger partial charge in [-0.25, -0.2) is 0 Å². The number of nitrogens with zero attached hydrogens (tertiary/aromatic N) is 1. The molecule has 0 saturated heterocycles. The average molecular weight is 240 g/mol. The lowest BCUT2D eigenvalue weighted by molar-refractivity contribution is 0.0671. The van der Waals surface area contributed by atoms with Crippen LogP contribution in [0.15, 0.2) is 11.6 Å². The highest BCUT2D eigenvalue weighted by atomic mass is 15.2. The second kappa shape index (κ2) is 7.88. The van der Waals surface area contributed by atoms with E-state index in [9.17, 15) is 0 Å². The van der Waals surface area contributed by atoms with Crippen LogP contribution in [0.25, 0.3) is 0 Å². The molecule has 1 unspecified atom stereocenters. The van der Waals surface area contributed by atoms with Gasteiger partial charge < -0.3 is 5.32 Å². The van der Waals surface area contributed by atoms with Crippen molar-refractivity contribution < 1.29 is 0 Å². The third-order valence-electron chi connectivity index (χ3n) is 4.01. The zero-order chi connectivity index (χ0) is 13.5. The van der Waals surface area contributed by atoms with Gasteiger partial charge in [-0.3, -0.25) is 4.90 Å². The average Bonchev–Trinajstić information content (AvgIpc) is 2.33. The van der Waals surface area contributed by atoms with E-state index in [-0.39, 0.29) is 5.54 Å². The lowest BCUT2D eigenvalue weighted by Crippen LogP contribution is -2.59. The molecule has 0 rings (SSSR count). The summed E-state index contributed by atoms with van der Waals surface area (Å²) in [7, 11) is 2.08. The van der Waals surface area contributed by atoms with E-state index in [0.29, 0.717) is 6.04 Å². The normalized spacial score (nSPS) is 13.9. The number of rotatable bonds is 8. The molecule has 0 saturated carbocycles. The summed E-state index contributed by atoms with van der Waals surface area (Å²) in [5, 5.41) is 3.51. The summed E-state index contributed by atoms with van der Waals surface area (Å²) in [5.74, 6) is 0. The van der Waals surface area contributed by atoms with Crippen LogP contribution in [0.5, 0.6) is 0 Å². The predicted octanol–water partition coefficient (Wildman–Crippen LogP) is 3.44. The summed E-state index contributed by atoms with van der Waals surface area (Å²) >= 11 is 0. The molecule has 0 bridgehead atoms. The molecule has 1 N–H and O–H groups in total. The Morgan fingerprint density at radius 2 is 1.59 bits per heavy atom. The Balaban J connectivity index is 5.33. The number of nitrogens with one attached hydrogen (secondary N) is 1. The molecule has 0 aromatic heterocycles. The van der Waals surface area contributed by atoms with Crippen molar-refractivity contribution in [2.24, 2.45) is 0 Å². The van der Waals surface area contributed by atoms with Crippen molar-refractivity contribution >= 4 is 0 Å². The lowest BCUT2D eigenvalue weighted by Gasteiger charge is -2.47. The molecule has 0 aliphatic heterocycles. The fourth-order valence-corrected chi connectivity index (χ4v) is 3.03. The lowest BCUT2D eigenvalue weighted by atomic mass is 9.81. The molecular formula is C15H32N2. The third kappa shape index (κ3) is 3.82. The minimum Gasteiger partial charge on any atom is -0.312 e. The van der Waals surface area contributed by atoms with Crippen molar-refractivity contribution in [3.8, 4) is 0 Å². The highest BCUT2D eigenvalue weighted by Crippen LogP contribution is 2.29. The minimum atomic E-state index is 0.246. The molecule has 0 aromatic carbocycles. The van der Waals surface area contributed by atoms with Gasteiger partial charge in [-0.1, -0.05) is 39.3 Å². The van der Waals surface area contributed by atoms with Crippen molar-refractivity contribution in [1.82, 2.24) is 10.2 Å². The van der Waals surface area contributed by atoms with Crippen LogP contribution in [0, 0.1) is 0 Å². The summed E-state index contributed by atoms with van der Waals surface area (Å²) in [6.07, 6.45) is 4.74. The Morgan fingerprint density at radius 3 is 1.82 bits per heavy atom. The summed E-state index contributed by atoms with van der Waals surface area (Å²) in [6.45, 7) is 15.7. The first-order valence-electron chi connectivity index (χ1n) is 7.09. The molecule has 0 aliphatic rings. The van der Waals surface area contributed by atoms with E-state index in [1.54, 1.807) is 0 Å². The third-order valence-corrected chi connectivity index (χ3v) is 4.01. The quantitative estimate of drug-likeness (QED) is 0.654. The van der Waals surface area contributed by atoms with Gasteiger partial charge in [0.2, 0.25) is 0 Å². The SMILES string of the molecule is CCN(CC)C(CC)(CC)C(C=C(C)C)NC. The predicted molar refractivity (Wildman–Crippen MR) is 78.5 cm³/mol. The molecule has 0 spiro atoms. The minimum absolute atomic E-state index is 0.246. The van der Waals surface area contributed by atoms with Gasteiger partial charge in [-0.15, -0.1) is 0 Å². The standard InChI is InChI=1S/C15H32N2/c1-8-15(9-2,17(10-3)11-4)14(16-7)12-13(5)6/h12,14,16H,8-11H2,1-7H3. The van der Waals surface area contributed by atoms with E-state index in [1.165, 1.54) is 18.4 Å². The molecule has 1 atom stereocenters. The smallest absolute Gasteiger partial charge is 0.0436 e. The Bertz CT molecular complexity index is 221. The van der Waals surface area contributed by atoms with Crippen molar-refractivity contribution in [3.05, 3.63) is 11.6 Å². The number of hydrogen-bond donors (Lipinski definition) is 1. The maximum Gasteiger partial charge on any atom is 0.0436 e. The summed E-state index contributed by atoms with van der Waals surface area (Å²) in [5.41, 5.74) is 1.64. The van der Waals surface area contributed by atoms with Gasteiger partial charge in [0.1, 0.15) is 0 Å². The number of likely N-dealkylation sites (N-methyl/N-ethyl adjacent to an activating group) is 2. The van der Waals surface area contributed by atoms with Gasteiger partial charge in [0.25, 0.3) is 0 Å². The molecule has 2 nitrogen and oxygen atoms in total. The van der Waals surface area contributed by atoms with Crippen molar-refractivity contribution in [2.45, 2.75) is 66.0 Å². The molecule has 0 fully saturated rings. The molecule has 17 heavy (non-hydrogen) atoms. The maximum atomic E-state index is 3.51. The van der Waals surface area contributed by atoms with Crippen LogP contribution in [0.1, 0.15) is 54.4 Å². The summed E-state index contributed by atoms with van der Waals surface area (Å²) in [4.78, 5) is 2.60. The highest BCUT2D eigenvalue weighted by Gasteiger charge is 2.37. The van der Waals surface area contributed by atoms with Crippen molar-refractivity contribution in [3.63, 3.8) is 0 Å². The molecule has 0 aromatic rings. The molecule has 2 heteroatoms.